The summed E-state index contributed by atoms with van der Waals surface area (Å²) in [7, 11) is 0. The van der Waals surface area contributed by atoms with Crippen molar-refractivity contribution in [1.29, 1.82) is 0 Å². The number of nitrogens with zero attached hydrogens (tertiary/aromatic N) is 2. The number of halogens is 1. The maximum absolute atomic E-state index is 13.1. The zero-order chi connectivity index (χ0) is 23.1. The zero-order valence-corrected chi connectivity index (χ0v) is 19.4. The SMILES string of the molecule is O=C([C@H]1Cc2cc(Cl)cc(-c3ccnc4[nH]c(Cc5ccccc5)cc34)c2O1)N1CCNCC1. The van der Waals surface area contributed by atoms with Gasteiger partial charge in [0.05, 0.1) is 0 Å². The molecule has 2 aromatic heterocycles. The first kappa shape index (κ1) is 21.2. The monoisotopic (exact) mass is 472 g/mol. The highest BCUT2D eigenvalue weighted by molar-refractivity contribution is 6.31. The van der Waals surface area contributed by atoms with Crippen LogP contribution in [0.2, 0.25) is 5.02 Å². The first-order valence-corrected chi connectivity index (χ1v) is 12.0. The van der Waals surface area contributed by atoms with Gasteiger partial charge in [-0.2, -0.15) is 0 Å². The number of hydrogen-bond acceptors (Lipinski definition) is 4. The van der Waals surface area contributed by atoms with Crippen LogP contribution >= 0.6 is 11.6 Å². The summed E-state index contributed by atoms with van der Waals surface area (Å²) in [5.41, 5.74) is 6.01. The van der Waals surface area contributed by atoms with E-state index in [0.717, 1.165) is 58.7 Å². The molecule has 1 amide bonds. The first-order valence-electron chi connectivity index (χ1n) is 11.7. The van der Waals surface area contributed by atoms with Crippen LogP contribution in [0.4, 0.5) is 0 Å². The van der Waals surface area contributed by atoms with Crippen molar-refractivity contribution in [2.24, 2.45) is 0 Å². The van der Waals surface area contributed by atoms with Gasteiger partial charge in [0.25, 0.3) is 5.91 Å². The van der Waals surface area contributed by atoms with Crippen molar-refractivity contribution in [3.63, 3.8) is 0 Å². The molecule has 34 heavy (non-hydrogen) atoms. The number of ether oxygens (including phenoxy) is 1. The van der Waals surface area contributed by atoms with Crippen LogP contribution in [0.1, 0.15) is 16.8 Å². The highest BCUT2D eigenvalue weighted by atomic mass is 35.5. The average Bonchev–Trinajstić information content (AvgIpc) is 3.48. The molecule has 1 saturated heterocycles. The highest BCUT2D eigenvalue weighted by Crippen LogP contribution is 2.43. The largest absolute Gasteiger partial charge is 0.479 e. The maximum Gasteiger partial charge on any atom is 0.264 e. The van der Waals surface area contributed by atoms with Crippen LogP contribution in [-0.4, -0.2) is 53.1 Å². The van der Waals surface area contributed by atoms with E-state index in [0.29, 0.717) is 24.5 Å². The van der Waals surface area contributed by atoms with E-state index >= 15 is 0 Å². The normalized spacial score (nSPS) is 17.6. The zero-order valence-electron chi connectivity index (χ0n) is 18.7. The fraction of sp³-hybridized carbons (Fsp3) is 0.259. The molecule has 0 bridgehead atoms. The lowest BCUT2D eigenvalue weighted by atomic mass is 9.98. The summed E-state index contributed by atoms with van der Waals surface area (Å²) in [5.74, 6) is 0.794. The molecular weight excluding hydrogens is 448 g/mol. The summed E-state index contributed by atoms with van der Waals surface area (Å²) < 4.78 is 6.31. The summed E-state index contributed by atoms with van der Waals surface area (Å²) in [4.78, 5) is 23.0. The second-order valence-corrected chi connectivity index (χ2v) is 9.34. The number of aromatic amines is 1. The summed E-state index contributed by atoms with van der Waals surface area (Å²) in [6.45, 7) is 3.05. The number of nitrogens with one attached hydrogen (secondary N) is 2. The molecule has 1 atom stereocenters. The Balaban J connectivity index is 1.35. The van der Waals surface area contributed by atoms with E-state index in [2.05, 4.69) is 33.5 Å². The number of rotatable bonds is 4. The average molecular weight is 473 g/mol. The lowest BCUT2D eigenvalue weighted by Gasteiger charge is -2.29. The smallest absolute Gasteiger partial charge is 0.264 e. The molecule has 0 spiro atoms. The summed E-state index contributed by atoms with van der Waals surface area (Å²) in [5, 5.41) is 4.94. The third-order valence-electron chi connectivity index (χ3n) is 6.62. The third-order valence-corrected chi connectivity index (χ3v) is 6.83. The second-order valence-electron chi connectivity index (χ2n) is 8.91. The fourth-order valence-electron chi connectivity index (χ4n) is 4.98. The minimum absolute atomic E-state index is 0.0476. The van der Waals surface area contributed by atoms with Crippen molar-refractivity contribution >= 4 is 28.5 Å². The minimum Gasteiger partial charge on any atom is -0.479 e. The van der Waals surface area contributed by atoms with Gasteiger partial charge < -0.3 is 19.9 Å². The van der Waals surface area contributed by atoms with Crippen LogP contribution in [0, 0.1) is 0 Å². The molecule has 0 radical (unpaired) electrons. The summed E-state index contributed by atoms with van der Waals surface area (Å²) in [6, 6.07) is 18.3. The Kier molecular flexibility index (Phi) is 5.47. The molecule has 0 aliphatic carbocycles. The molecule has 4 aromatic rings. The molecule has 172 valence electrons. The van der Waals surface area contributed by atoms with Crippen LogP contribution in [-0.2, 0) is 17.6 Å². The van der Waals surface area contributed by atoms with Gasteiger partial charge in [-0.15, -0.1) is 0 Å². The van der Waals surface area contributed by atoms with Crippen molar-refractivity contribution in [2.75, 3.05) is 26.2 Å². The summed E-state index contributed by atoms with van der Waals surface area (Å²) in [6.07, 6.45) is 2.61. The van der Waals surface area contributed by atoms with Gasteiger partial charge in [-0.1, -0.05) is 41.9 Å². The Morgan fingerprint density at radius 3 is 2.74 bits per heavy atom. The van der Waals surface area contributed by atoms with E-state index in [4.69, 9.17) is 16.3 Å². The predicted octanol–water partition coefficient (Wildman–Crippen LogP) is 4.21. The van der Waals surface area contributed by atoms with Gasteiger partial charge in [0.15, 0.2) is 6.10 Å². The predicted molar refractivity (Wildman–Crippen MR) is 133 cm³/mol. The van der Waals surface area contributed by atoms with E-state index in [1.807, 2.05) is 41.3 Å². The molecule has 4 heterocycles. The standard InChI is InChI=1S/C27H25ClN4O2/c28-19-13-18-14-24(27(33)32-10-8-29-9-11-32)34-25(18)22(15-19)21-6-7-30-26-23(21)16-20(31-26)12-17-4-2-1-3-5-17/h1-7,13,15-16,24,29H,8-12,14H2,(H,30,31)/t24-/m1/s1. The van der Waals surface area contributed by atoms with Crippen LogP contribution in [0.3, 0.4) is 0 Å². The number of carbonyl (C=O) groups is 1. The van der Waals surface area contributed by atoms with Gasteiger partial charge >= 0.3 is 0 Å². The molecule has 0 saturated carbocycles. The van der Waals surface area contributed by atoms with Gasteiger partial charge in [0, 0.05) is 72.4 Å². The third kappa shape index (κ3) is 3.93. The van der Waals surface area contributed by atoms with E-state index in [-0.39, 0.29) is 5.91 Å². The minimum atomic E-state index is -0.512. The number of benzene rings is 2. The molecular formula is C27H25ClN4O2. The molecule has 2 N–H and O–H groups in total. The number of piperazine rings is 1. The van der Waals surface area contributed by atoms with Gasteiger partial charge in [-0.05, 0) is 35.4 Å². The van der Waals surface area contributed by atoms with Crippen LogP contribution in [0.15, 0.2) is 60.8 Å². The van der Waals surface area contributed by atoms with Gasteiger partial charge in [0.2, 0.25) is 0 Å². The topological polar surface area (TPSA) is 70.2 Å². The molecule has 2 aliphatic heterocycles. The summed E-state index contributed by atoms with van der Waals surface area (Å²) >= 11 is 6.54. The van der Waals surface area contributed by atoms with Crippen molar-refractivity contribution in [3.05, 3.63) is 82.6 Å². The van der Waals surface area contributed by atoms with E-state index in [1.54, 1.807) is 6.20 Å². The number of H-pyrrole nitrogens is 1. The number of amides is 1. The molecule has 7 heteroatoms. The Bertz CT molecular complexity index is 1360. The number of pyridine rings is 1. The highest BCUT2D eigenvalue weighted by Gasteiger charge is 2.35. The second kappa shape index (κ2) is 8.78. The lowest BCUT2D eigenvalue weighted by Crippen LogP contribution is -2.50. The quantitative estimate of drug-likeness (QED) is 0.467. The lowest BCUT2D eigenvalue weighted by molar-refractivity contribution is -0.138. The Labute approximate surface area is 202 Å². The first-order chi connectivity index (χ1) is 16.7. The van der Waals surface area contributed by atoms with Crippen molar-refractivity contribution in [2.45, 2.75) is 18.9 Å². The molecule has 6 nitrogen and oxygen atoms in total. The van der Waals surface area contributed by atoms with Crippen molar-refractivity contribution < 1.29 is 9.53 Å². The van der Waals surface area contributed by atoms with Gasteiger partial charge in [0.1, 0.15) is 11.4 Å². The molecule has 0 unspecified atom stereocenters. The van der Waals surface area contributed by atoms with Crippen molar-refractivity contribution in [1.82, 2.24) is 20.2 Å². The molecule has 2 aromatic carbocycles. The Morgan fingerprint density at radius 2 is 1.91 bits per heavy atom. The fourth-order valence-corrected chi connectivity index (χ4v) is 5.22. The van der Waals surface area contributed by atoms with Crippen LogP contribution in [0.25, 0.3) is 22.2 Å². The van der Waals surface area contributed by atoms with Gasteiger partial charge in [-0.3, -0.25) is 4.79 Å². The number of carbonyl (C=O) groups excluding carboxylic acids is 1. The Hall–Kier alpha value is -3.35. The number of aromatic nitrogens is 2. The number of fused-ring (bicyclic) bond motifs is 2. The van der Waals surface area contributed by atoms with E-state index in [9.17, 15) is 4.79 Å². The van der Waals surface area contributed by atoms with E-state index < -0.39 is 6.10 Å². The molecule has 2 aliphatic rings. The molecule has 6 rings (SSSR count). The van der Waals surface area contributed by atoms with Crippen LogP contribution < -0.4 is 10.1 Å². The number of hydrogen-bond donors (Lipinski definition) is 2. The Morgan fingerprint density at radius 1 is 1.09 bits per heavy atom. The van der Waals surface area contributed by atoms with Gasteiger partial charge in [-0.25, -0.2) is 4.98 Å². The maximum atomic E-state index is 13.1. The van der Waals surface area contributed by atoms with Crippen LogP contribution in [0.5, 0.6) is 5.75 Å². The van der Waals surface area contributed by atoms with Crippen molar-refractivity contribution in [3.8, 4) is 16.9 Å². The van der Waals surface area contributed by atoms with E-state index in [1.165, 1.54) is 5.56 Å². The molecule has 1 fully saturated rings.